The van der Waals surface area contributed by atoms with Gasteiger partial charge in [-0.05, 0) is 44.9 Å². The first-order chi connectivity index (χ1) is 16.1. The van der Waals surface area contributed by atoms with Crippen LogP contribution in [0.4, 0.5) is 18.9 Å². The van der Waals surface area contributed by atoms with Crippen molar-refractivity contribution in [1.82, 2.24) is 24.6 Å². The van der Waals surface area contributed by atoms with E-state index in [-0.39, 0.29) is 15.9 Å². The molecule has 184 valence electrons. The summed E-state index contributed by atoms with van der Waals surface area (Å²) in [7, 11) is -3.87. The van der Waals surface area contributed by atoms with Gasteiger partial charge in [0, 0.05) is 30.9 Å². The summed E-state index contributed by atoms with van der Waals surface area (Å²) >= 11 is 0.761. The molecule has 0 amide bonds. The zero-order valence-electron chi connectivity index (χ0n) is 18.6. The predicted octanol–water partition coefficient (Wildman–Crippen LogP) is 3.36. The Labute approximate surface area is 199 Å². The quantitative estimate of drug-likeness (QED) is 0.503. The zero-order chi connectivity index (χ0) is 24.3. The summed E-state index contributed by atoms with van der Waals surface area (Å²) in [6, 6.07) is 4.70. The molecule has 3 aromatic heterocycles. The summed E-state index contributed by atoms with van der Waals surface area (Å²) in [4.78, 5) is 2.01. The molecule has 13 heteroatoms. The smallest absolute Gasteiger partial charge is 0.291 e. The zero-order valence-corrected chi connectivity index (χ0v) is 20.3. The first kappa shape index (κ1) is 23.5. The maximum Gasteiger partial charge on any atom is 0.291 e. The summed E-state index contributed by atoms with van der Waals surface area (Å²) in [5.41, 5.74) is 1.29. The van der Waals surface area contributed by atoms with E-state index in [2.05, 4.69) is 20.2 Å². The summed E-state index contributed by atoms with van der Waals surface area (Å²) in [6.45, 7) is 4.15. The minimum Gasteiger partial charge on any atom is -0.367 e. The molecule has 1 saturated heterocycles. The number of nitrogens with zero attached hydrogens (tertiary/aromatic N) is 4. The van der Waals surface area contributed by atoms with Crippen molar-refractivity contribution in [1.29, 1.82) is 0 Å². The molecule has 5 rings (SSSR count). The van der Waals surface area contributed by atoms with Crippen LogP contribution < -0.4 is 14.9 Å². The Hall–Kier alpha value is -2.22. The Morgan fingerprint density at radius 3 is 2.71 bits per heavy atom. The van der Waals surface area contributed by atoms with E-state index in [0.717, 1.165) is 24.2 Å². The Balaban J connectivity index is 1.66. The number of anilines is 1. The van der Waals surface area contributed by atoms with E-state index in [0.29, 0.717) is 30.0 Å². The second kappa shape index (κ2) is 8.47. The number of halogens is 3. The van der Waals surface area contributed by atoms with Crippen LogP contribution in [0.15, 0.2) is 29.3 Å². The van der Waals surface area contributed by atoms with Gasteiger partial charge in [0.05, 0.1) is 22.9 Å². The second-order valence-electron chi connectivity index (χ2n) is 9.27. The van der Waals surface area contributed by atoms with Gasteiger partial charge in [0.15, 0.2) is 10.0 Å². The minimum absolute atomic E-state index is 0.00971. The van der Waals surface area contributed by atoms with E-state index in [9.17, 15) is 21.6 Å². The first-order valence-electron chi connectivity index (χ1n) is 11.0. The van der Waals surface area contributed by atoms with Crippen molar-refractivity contribution in [3.63, 3.8) is 0 Å². The molecule has 0 radical (unpaired) electrons. The number of alkyl halides is 3. The van der Waals surface area contributed by atoms with Crippen molar-refractivity contribution >= 4 is 32.6 Å². The third-order valence-electron chi connectivity index (χ3n) is 6.24. The molecule has 1 aliphatic heterocycles. The highest BCUT2D eigenvalue weighted by molar-refractivity contribution is 7.89. The molecule has 0 aromatic carbocycles. The SMILES string of the molecule is C[C@H]1CN(c2cc(S(=O)(=O)NC3(C)CC3)cn3c(-c4nnc(C(F)F)s4)ccc23)C[C@H](CF)N1. The summed E-state index contributed by atoms with van der Waals surface area (Å²) in [5.74, 6) is 0. The molecule has 2 N–H and O–H groups in total. The maximum atomic E-state index is 13.5. The fraction of sp³-hybridized carbons (Fsp3) is 0.524. The number of nitrogens with one attached hydrogen (secondary N) is 2. The average Bonchev–Trinajstić information content (AvgIpc) is 3.18. The molecule has 1 aliphatic carbocycles. The normalized spacial score (nSPS) is 22.6. The highest BCUT2D eigenvalue weighted by Crippen LogP contribution is 2.38. The van der Waals surface area contributed by atoms with E-state index >= 15 is 0 Å². The number of rotatable bonds is 7. The highest BCUT2D eigenvalue weighted by atomic mass is 32.2. The van der Waals surface area contributed by atoms with Crippen molar-refractivity contribution in [3.05, 3.63) is 29.4 Å². The molecule has 34 heavy (non-hydrogen) atoms. The first-order valence-corrected chi connectivity index (χ1v) is 13.3. The van der Waals surface area contributed by atoms with E-state index in [1.165, 1.54) is 6.20 Å². The third-order valence-corrected chi connectivity index (χ3v) is 8.79. The number of fused-ring (bicyclic) bond motifs is 1. The number of pyridine rings is 1. The lowest BCUT2D eigenvalue weighted by Crippen LogP contribution is -2.56. The molecule has 0 spiro atoms. The fourth-order valence-corrected chi connectivity index (χ4v) is 6.52. The van der Waals surface area contributed by atoms with Crippen LogP contribution in [-0.4, -0.2) is 60.4 Å². The van der Waals surface area contributed by atoms with Gasteiger partial charge in [-0.1, -0.05) is 11.3 Å². The highest BCUT2D eigenvalue weighted by Gasteiger charge is 2.41. The molecule has 3 aromatic rings. The van der Waals surface area contributed by atoms with Gasteiger partial charge in [0.2, 0.25) is 10.0 Å². The van der Waals surface area contributed by atoms with Crippen LogP contribution in [0.3, 0.4) is 0 Å². The number of piperazine rings is 1. The number of aromatic nitrogens is 3. The summed E-state index contributed by atoms with van der Waals surface area (Å²) in [5, 5.41) is 10.5. The van der Waals surface area contributed by atoms with Crippen LogP contribution in [0.5, 0.6) is 0 Å². The van der Waals surface area contributed by atoms with Crippen molar-refractivity contribution < 1.29 is 21.6 Å². The Kier molecular flexibility index (Phi) is 5.86. The number of hydrogen-bond acceptors (Lipinski definition) is 7. The predicted molar refractivity (Wildman–Crippen MR) is 124 cm³/mol. The third kappa shape index (κ3) is 4.41. The molecule has 8 nitrogen and oxygen atoms in total. The summed E-state index contributed by atoms with van der Waals surface area (Å²) in [6.07, 6.45) is 0.243. The van der Waals surface area contributed by atoms with Crippen LogP contribution in [-0.2, 0) is 10.0 Å². The van der Waals surface area contributed by atoms with Gasteiger partial charge in [0.1, 0.15) is 11.6 Å². The lowest BCUT2D eigenvalue weighted by Gasteiger charge is -2.38. The van der Waals surface area contributed by atoms with Gasteiger partial charge >= 0.3 is 0 Å². The monoisotopic (exact) mass is 514 g/mol. The molecular weight excluding hydrogens is 489 g/mol. The van der Waals surface area contributed by atoms with Crippen molar-refractivity contribution in [3.8, 4) is 10.7 Å². The van der Waals surface area contributed by atoms with E-state index in [1.807, 2.05) is 18.7 Å². The van der Waals surface area contributed by atoms with Gasteiger partial charge in [-0.25, -0.2) is 26.3 Å². The second-order valence-corrected chi connectivity index (χ2v) is 12.0. The Morgan fingerprint density at radius 2 is 2.06 bits per heavy atom. The van der Waals surface area contributed by atoms with Crippen LogP contribution in [0.25, 0.3) is 16.2 Å². The van der Waals surface area contributed by atoms with Crippen LogP contribution in [0.2, 0.25) is 0 Å². The Morgan fingerprint density at radius 1 is 1.29 bits per heavy atom. The van der Waals surface area contributed by atoms with E-state index in [4.69, 9.17) is 0 Å². The lowest BCUT2D eigenvalue weighted by atomic mass is 10.1. The van der Waals surface area contributed by atoms with Crippen molar-refractivity contribution in [2.45, 2.75) is 55.6 Å². The van der Waals surface area contributed by atoms with Gasteiger partial charge in [0.25, 0.3) is 6.43 Å². The number of sulfonamides is 1. The van der Waals surface area contributed by atoms with Crippen molar-refractivity contribution in [2.75, 3.05) is 24.7 Å². The maximum absolute atomic E-state index is 13.5. The lowest BCUT2D eigenvalue weighted by molar-refractivity contribution is 0.150. The minimum atomic E-state index is -3.87. The van der Waals surface area contributed by atoms with Gasteiger partial charge in [-0.2, -0.15) is 0 Å². The Bertz CT molecular complexity index is 1320. The molecule has 2 atom stereocenters. The van der Waals surface area contributed by atoms with Crippen molar-refractivity contribution in [2.24, 2.45) is 0 Å². The average molecular weight is 515 g/mol. The largest absolute Gasteiger partial charge is 0.367 e. The van der Waals surface area contributed by atoms with E-state index < -0.39 is 39.7 Å². The molecule has 4 heterocycles. The van der Waals surface area contributed by atoms with Gasteiger partial charge in [-0.3, -0.25) is 0 Å². The summed E-state index contributed by atoms with van der Waals surface area (Å²) < 4.78 is 70.7. The molecule has 0 bridgehead atoms. The molecule has 2 aliphatic rings. The molecule has 0 unspecified atom stereocenters. The van der Waals surface area contributed by atoms with Crippen LogP contribution in [0, 0.1) is 0 Å². The molecule has 2 fully saturated rings. The van der Waals surface area contributed by atoms with Gasteiger partial charge < -0.3 is 14.6 Å². The molecule has 1 saturated carbocycles. The van der Waals surface area contributed by atoms with Gasteiger partial charge in [-0.15, -0.1) is 10.2 Å². The van der Waals surface area contributed by atoms with Crippen LogP contribution >= 0.6 is 11.3 Å². The topological polar surface area (TPSA) is 91.6 Å². The van der Waals surface area contributed by atoms with Crippen LogP contribution in [0.1, 0.15) is 38.1 Å². The standard InChI is InChI=1S/C21H25F3N6O2S2/c1-12-9-29(10-13(8-22)25-12)17-7-14(34(31,32)28-21(2)5-6-21)11-30-15(17)3-4-16(30)19-26-27-20(33-19)18(23)24/h3-4,7,11-13,18,25,28H,5-6,8-10H2,1-2H3/t12-,13-/m0/s1. The fourth-order valence-electron chi connectivity index (χ4n) is 4.31. The number of hydrogen-bond donors (Lipinski definition) is 2. The van der Waals surface area contributed by atoms with E-state index in [1.54, 1.807) is 22.6 Å². The molecular formula is C21H25F3N6O2S2.